The van der Waals surface area contributed by atoms with Crippen molar-refractivity contribution in [3.05, 3.63) is 94.9 Å². The van der Waals surface area contributed by atoms with Gasteiger partial charge in [-0.25, -0.2) is 4.98 Å². The van der Waals surface area contributed by atoms with E-state index in [1.54, 1.807) is 35.9 Å². The van der Waals surface area contributed by atoms with Gasteiger partial charge in [-0.3, -0.25) is 9.78 Å². The molecule has 0 fully saturated rings. The molecule has 5 rings (SSSR count). The number of thiophene rings is 1. The fraction of sp³-hybridized carbons (Fsp3) is 0.0417. The lowest BCUT2D eigenvalue weighted by atomic mass is 10.2. The number of pyridine rings is 1. The summed E-state index contributed by atoms with van der Waals surface area (Å²) in [6.45, 7) is 0.794. The number of fused-ring (bicyclic) bond motifs is 1. The van der Waals surface area contributed by atoms with E-state index in [0.29, 0.717) is 11.3 Å². The second-order valence-electron chi connectivity index (χ2n) is 7.08. The maximum Gasteiger partial charge on any atom is 0.257 e. The Labute approximate surface area is 183 Å². The first-order valence-electron chi connectivity index (χ1n) is 9.81. The molecule has 3 N–H and O–H groups in total. The van der Waals surface area contributed by atoms with E-state index in [0.717, 1.165) is 34.7 Å². The van der Waals surface area contributed by atoms with Gasteiger partial charge < -0.3 is 15.6 Å². The maximum atomic E-state index is 12.3. The Morgan fingerprint density at radius 2 is 1.90 bits per heavy atom. The van der Waals surface area contributed by atoms with Gasteiger partial charge in [-0.15, -0.1) is 0 Å². The predicted octanol–water partition coefficient (Wildman–Crippen LogP) is 5.55. The van der Waals surface area contributed by atoms with Gasteiger partial charge in [0.25, 0.3) is 5.91 Å². The zero-order valence-electron chi connectivity index (χ0n) is 16.5. The molecule has 5 aromatic rings. The van der Waals surface area contributed by atoms with Gasteiger partial charge in [0.1, 0.15) is 5.82 Å². The van der Waals surface area contributed by atoms with Gasteiger partial charge in [0.05, 0.1) is 16.6 Å². The lowest BCUT2D eigenvalue weighted by Gasteiger charge is -2.05. The lowest BCUT2D eigenvalue weighted by Crippen LogP contribution is -2.11. The van der Waals surface area contributed by atoms with Gasteiger partial charge in [0.15, 0.2) is 0 Å². The van der Waals surface area contributed by atoms with E-state index < -0.39 is 0 Å². The van der Waals surface area contributed by atoms with Crippen LogP contribution in [0.15, 0.2) is 83.8 Å². The van der Waals surface area contributed by atoms with Crippen LogP contribution >= 0.6 is 11.3 Å². The van der Waals surface area contributed by atoms with Crippen LogP contribution in [0.25, 0.3) is 22.4 Å². The van der Waals surface area contributed by atoms with E-state index in [1.807, 2.05) is 36.4 Å². The number of nitrogens with one attached hydrogen (secondary N) is 3. The van der Waals surface area contributed by atoms with Crippen LogP contribution in [0.4, 0.5) is 11.4 Å². The number of aromatic nitrogens is 3. The van der Waals surface area contributed by atoms with E-state index in [9.17, 15) is 4.79 Å². The number of aromatic amines is 1. The van der Waals surface area contributed by atoms with Crippen LogP contribution in [-0.4, -0.2) is 20.9 Å². The summed E-state index contributed by atoms with van der Waals surface area (Å²) in [5.41, 5.74) is 6.38. The third-order valence-corrected chi connectivity index (χ3v) is 5.63. The number of H-pyrrole nitrogens is 1. The highest BCUT2D eigenvalue weighted by atomic mass is 32.1. The quantitative estimate of drug-likeness (QED) is 0.333. The number of anilines is 2. The van der Waals surface area contributed by atoms with E-state index in [1.165, 1.54) is 5.56 Å². The van der Waals surface area contributed by atoms with Crippen molar-refractivity contribution in [1.82, 2.24) is 15.0 Å². The van der Waals surface area contributed by atoms with Gasteiger partial charge in [0.2, 0.25) is 0 Å². The molecule has 3 heterocycles. The molecule has 0 atom stereocenters. The Kier molecular flexibility index (Phi) is 5.16. The third-order valence-electron chi connectivity index (χ3n) is 4.90. The minimum Gasteiger partial charge on any atom is -0.381 e. The highest BCUT2D eigenvalue weighted by molar-refractivity contribution is 7.07. The lowest BCUT2D eigenvalue weighted by molar-refractivity contribution is 0.102. The molecule has 0 aliphatic heterocycles. The first-order chi connectivity index (χ1) is 15.2. The Bertz CT molecular complexity index is 1310. The topological polar surface area (TPSA) is 82.7 Å². The summed E-state index contributed by atoms with van der Waals surface area (Å²) in [5, 5.41) is 10.5. The number of rotatable bonds is 6. The van der Waals surface area contributed by atoms with Gasteiger partial charge in [0, 0.05) is 35.9 Å². The molecule has 6 nitrogen and oxygen atoms in total. The molecule has 31 heavy (non-hydrogen) atoms. The van der Waals surface area contributed by atoms with Crippen molar-refractivity contribution in [1.29, 1.82) is 0 Å². The number of carbonyl (C=O) groups is 1. The molecule has 0 bridgehead atoms. The fourth-order valence-electron chi connectivity index (χ4n) is 3.27. The fourth-order valence-corrected chi connectivity index (χ4v) is 3.93. The first kappa shape index (κ1) is 19.0. The Morgan fingerprint density at radius 1 is 1.03 bits per heavy atom. The van der Waals surface area contributed by atoms with Gasteiger partial charge >= 0.3 is 0 Å². The maximum absolute atomic E-state index is 12.3. The summed E-state index contributed by atoms with van der Waals surface area (Å²) in [4.78, 5) is 24.3. The zero-order chi connectivity index (χ0) is 21.0. The molecule has 7 heteroatoms. The van der Waals surface area contributed by atoms with Crippen LogP contribution in [0, 0.1) is 0 Å². The molecular weight excluding hydrogens is 406 g/mol. The number of hydrogen-bond acceptors (Lipinski definition) is 5. The van der Waals surface area contributed by atoms with Crippen molar-refractivity contribution in [3.63, 3.8) is 0 Å². The molecular formula is C24H19N5OS. The van der Waals surface area contributed by atoms with Crippen molar-refractivity contribution in [2.24, 2.45) is 0 Å². The van der Waals surface area contributed by atoms with E-state index in [2.05, 4.69) is 43.5 Å². The minimum atomic E-state index is -0.188. The number of imidazole rings is 1. The van der Waals surface area contributed by atoms with Crippen LogP contribution < -0.4 is 10.6 Å². The Hall–Kier alpha value is -3.97. The van der Waals surface area contributed by atoms with Crippen molar-refractivity contribution < 1.29 is 4.79 Å². The molecule has 0 radical (unpaired) electrons. The SMILES string of the molecule is O=C(Nc1ccc(-c2nc3ccc(NCc4ccsc4)cc3[nH]2)cc1)c1cccnc1. The number of carbonyl (C=O) groups excluding carboxylic acids is 1. The zero-order valence-corrected chi connectivity index (χ0v) is 17.3. The first-order valence-corrected chi connectivity index (χ1v) is 10.8. The van der Waals surface area contributed by atoms with Crippen molar-refractivity contribution >= 4 is 39.7 Å². The molecule has 1 amide bonds. The Balaban J connectivity index is 1.30. The van der Waals surface area contributed by atoms with Crippen LogP contribution in [-0.2, 0) is 6.54 Å². The molecule has 0 unspecified atom stereocenters. The van der Waals surface area contributed by atoms with Crippen molar-refractivity contribution in [2.45, 2.75) is 6.54 Å². The van der Waals surface area contributed by atoms with Crippen LogP contribution in [0.1, 0.15) is 15.9 Å². The van der Waals surface area contributed by atoms with Crippen molar-refractivity contribution in [3.8, 4) is 11.4 Å². The number of amides is 1. The highest BCUT2D eigenvalue weighted by Crippen LogP contribution is 2.24. The summed E-state index contributed by atoms with van der Waals surface area (Å²) < 4.78 is 0. The minimum absolute atomic E-state index is 0.188. The average Bonchev–Trinajstić information content (AvgIpc) is 3.48. The molecule has 0 aliphatic carbocycles. The Morgan fingerprint density at radius 3 is 2.68 bits per heavy atom. The monoisotopic (exact) mass is 425 g/mol. The van der Waals surface area contributed by atoms with E-state index in [4.69, 9.17) is 4.98 Å². The molecule has 2 aromatic carbocycles. The van der Waals surface area contributed by atoms with Gasteiger partial charge in [-0.2, -0.15) is 11.3 Å². The van der Waals surface area contributed by atoms with Crippen LogP contribution in [0.2, 0.25) is 0 Å². The second-order valence-corrected chi connectivity index (χ2v) is 7.86. The standard InChI is InChI=1S/C24H19N5OS/c30-24(18-2-1-10-25-14-18)27-19-5-3-17(4-6-19)23-28-21-8-7-20(12-22(21)29-23)26-13-16-9-11-31-15-16/h1-12,14-15,26H,13H2,(H,27,30)(H,28,29). The molecule has 0 aliphatic rings. The molecule has 0 saturated carbocycles. The van der Waals surface area contributed by atoms with Gasteiger partial charge in [-0.05, 0) is 77.0 Å². The molecule has 0 spiro atoms. The summed E-state index contributed by atoms with van der Waals surface area (Å²) in [7, 11) is 0. The molecule has 3 aromatic heterocycles. The number of hydrogen-bond donors (Lipinski definition) is 3. The molecule has 0 saturated heterocycles. The third kappa shape index (κ3) is 4.31. The largest absolute Gasteiger partial charge is 0.381 e. The van der Waals surface area contributed by atoms with Crippen LogP contribution in [0.3, 0.4) is 0 Å². The van der Waals surface area contributed by atoms with Crippen molar-refractivity contribution in [2.75, 3.05) is 10.6 Å². The van der Waals surface area contributed by atoms with Gasteiger partial charge in [-0.1, -0.05) is 0 Å². The number of nitrogens with zero attached hydrogens (tertiary/aromatic N) is 2. The summed E-state index contributed by atoms with van der Waals surface area (Å²) >= 11 is 1.70. The summed E-state index contributed by atoms with van der Waals surface area (Å²) in [5.74, 6) is 0.599. The smallest absolute Gasteiger partial charge is 0.257 e. The summed E-state index contributed by atoms with van der Waals surface area (Å²) in [6, 6.07) is 19.3. The normalized spacial score (nSPS) is 10.8. The molecule has 152 valence electrons. The van der Waals surface area contributed by atoms with Crippen LogP contribution in [0.5, 0.6) is 0 Å². The average molecular weight is 426 g/mol. The highest BCUT2D eigenvalue weighted by Gasteiger charge is 2.09. The number of benzene rings is 2. The predicted molar refractivity (Wildman–Crippen MR) is 125 cm³/mol. The summed E-state index contributed by atoms with van der Waals surface area (Å²) in [6.07, 6.45) is 3.18. The van der Waals surface area contributed by atoms with E-state index in [-0.39, 0.29) is 5.91 Å². The second kappa shape index (κ2) is 8.41. The van der Waals surface area contributed by atoms with E-state index >= 15 is 0 Å².